The number of aromatic amines is 1. The Bertz CT molecular complexity index is 1080. The zero-order chi connectivity index (χ0) is 21.6. The Morgan fingerprint density at radius 2 is 1.74 bits per heavy atom. The van der Waals surface area contributed by atoms with Gasteiger partial charge in [-0.3, -0.25) is 19.1 Å². The van der Waals surface area contributed by atoms with E-state index in [2.05, 4.69) is 20.5 Å². The average molecular weight is 436 g/mol. The molecule has 0 spiro atoms. The summed E-state index contributed by atoms with van der Waals surface area (Å²) in [5, 5.41) is 6.03. The molecule has 8 heteroatoms. The van der Waals surface area contributed by atoms with Crippen LogP contribution in [0.4, 0.5) is 5.69 Å². The largest absolute Gasteiger partial charge is 0.349 e. The van der Waals surface area contributed by atoms with Crippen LogP contribution in [0.15, 0.2) is 67.0 Å². The minimum absolute atomic E-state index is 0.0173. The fraction of sp³-hybridized carbons (Fsp3) is 0.261. The number of likely N-dealkylation sites (tertiary alicyclic amines) is 1. The first-order valence-corrected chi connectivity index (χ1v) is 10.7. The van der Waals surface area contributed by atoms with Crippen molar-refractivity contribution in [3.05, 3.63) is 77.3 Å². The molecule has 0 aliphatic carbocycles. The van der Waals surface area contributed by atoms with Crippen LogP contribution in [-0.4, -0.2) is 51.9 Å². The number of carbonyl (C=O) groups excluding carboxylic acids is 2. The smallest absolute Gasteiger partial charge is 0.251 e. The SMILES string of the molecule is O=C(CN1CCC(NC(=O)c2ccc(-n3cc[nH]c3=S)cc2)CC1)Nc1ccccc1. The van der Waals surface area contributed by atoms with Crippen molar-refractivity contribution in [3.8, 4) is 5.69 Å². The topological polar surface area (TPSA) is 82.2 Å². The van der Waals surface area contributed by atoms with E-state index in [-0.39, 0.29) is 17.9 Å². The molecule has 0 atom stereocenters. The molecule has 4 rings (SSSR count). The maximum Gasteiger partial charge on any atom is 0.251 e. The zero-order valence-corrected chi connectivity index (χ0v) is 17.9. The molecule has 7 nitrogen and oxygen atoms in total. The van der Waals surface area contributed by atoms with Gasteiger partial charge in [-0.15, -0.1) is 0 Å². The maximum atomic E-state index is 12.6. The third kappa shape index (κ3) is 5.48. The number of anilines is 1. The van der Waals surface area contributed by atoms with E-state index in [0.29, 0.717) is 16.9 Å². The lowest BCUT2D eigenvalue weighted by molar-refractivity contribution is -0.117. The number of hydrogen-bond acceptors (Lipinski definition) is 4. The predicted molar refractivity (Wildman–Crippen MR) is 123 cm³/mol. The van der Waals surface area contributed by atoms with Crippen molar-refractivity contribution >= 4 is 29.7 Å². The van der Waals surface area contributed by atoms with Crippen molar-refractivity contribution in [1.29, 1.82) is 0 Å². The van der Waals surface area contributed by atoms with Gasteiger partial charge in [0.1, 0.15) is 0 Å². The lowest BCUT2D eigenvalue weighted by Gasteiger charge is -2.31. The first-order chi connectivity index (χ1) is 15.1. The van der Waals surface area contributed by atoms with Crippen LogP contribution in [0.2, 0.25) is 0 Å². The van der Waals surface area contributed by atoms with Crippen molar-refractivity contribution in [1.82, 2.24) is 19.8 Å². The zero-order valence-electron chi connectivity index (χ0n) is 17.1. The second-order valence-electron chi connectivity index (χ2n) is 7.62. The molecule has 1 fully saturated rings. The van der Waals surface area contributed by atoms with Crippen LogP contribution < -0.4 is 10.6 Å². The molecule has 0 saturated carbocycles. The number of rotatable bonds is 6. The molecule has 1 aromatic heterocycles. The number of benzene rings is 2. The number of aromatic nitrogens is 2. The first kappa shape index (κ1) is 21.0. The molecule has 0 radical (unpaired) electrons. The molecule has 1 saturated heterocycles. The number of nitrogens with zero attached hydrogens (tertiary/aromatic N) is 2. The van der Waals surface area contributed by atoms with Crippen LogP contribution in [0.1, 0.15) is 23.2 Å². The monoisotopic (exact) mass is 435 g/mol. The highest BCUT2D eigenvalue weighted by Crippen LogP contribution is 2.14. The summed E-state index contributed by atoms with van der Waals surface area (Å²) in [6.07, 6.45) is 5.27. The summed E-state index contributed by atoms with van der Waals surface area (Å²) in [7, 11) is 0. The maximum absolute atomic E-state index is 12.6. The van der Waals surface area contributed by atoms with Crippen molar-refractivity contribution in [3.63, 3.8) is 0 Å². The molecule has 3 N–H and O–H groups in total. The molecule has 160 valence electrons. The van der Waals surface area contributed by atoms with E-state index in [9.17, 15) is 9.59 Å². The number of amides is 2. The van der Waals surface area contributed by atoms with Gasteiger partial charge in [0.2, 0.25) is 5.91 Å². The summed E-state index contributed by atoms with van der Waals surface area (Å²) in [6.45, 7) is 1.91. The van der Waals surface area contributed by atoms with Crippen molar-refractivity contribution < 1.29 is 9.59 Å². The van der Waals surface area contributed by atoms with Crippen molar-refractivity contribution in [2.45, 2.75) is 18.9 Å². The Morgan fingerprint density at radius 1 is 1.03 bits per heavy atom. The van der Waals surface area contributed by atoms with Gasteiger partial charge < -0.3 is 15.6 Å². The molecule has 1 aliphatic rings. The number of carbonyl (C=O) groups is 2. The van der Waals surface area contributed by atoms with Gasteiger partial charge in [-0.2, -0.15) is 0 Å². The Kier molecular flexibility index (Phi) is 6.59. The lowest BCUT2D eigenvalue weighted by atomic mass is 10.0. The third-order valence-electron chi connectivity index (χ3n) is 5.40. The number of hydrogen-bond donors (Lipinski definition) is 3. The molecule has 0 bridgehead atoms. The fourth-order valence-corrected chi connectivity index (χ4v) is 3.96. The van der Waals surface area contributed by atoms with Crippen LogP contribution in [0.25, 0.3) is 5.69 Å². The Morgan fingerprint density at radius 3 is 2.39 bits per heavy atom. The van der Waals surface area contributed by atoms with Crippen LogP contribution in [-0.2, 0) is 4.79 Å². The molecule has 0 unspecified atom stereocenters. The molecular weight excluding hydrogens is 410 g/mol. The second kappa shape index (κ2) is 9.72. The van der Waals surface area contributed by atoms with E-state index < -0.39 is 0 Å². The van der Waals surface area contributed by atoms with E-state index in [1.54, 1.807) is 6.20 Å². The predicted octanol–water partition coefficient (Wildman–Crippen LogP) is 3.37. The number of H-pyrrole nitrogens is 1. The highest BCUT2D eigenvalue weighted by atomic mass is 32.1. The van der Waals surface area contributed by atoms with Crippen LogP contribution in [0.5, 0.6) is 0 Å². The van der Waals surface area contributed by atoms with E-state index in [4.69, 9.17) is 12.2 Å². The van der Waals surface area contributed by atoms with Gasteiger partial charge in [-0.25, -0.2) is 0 Å². The summed E-state index contributed by atoms with van der Waals surface area (Å²) >= 11 is 5.23. The first-order valence-electron chi connectivity index (χ1n) is 10.3. The number of para-hydroxylation sites is 1. The van der Waals surface area contributed by atoms with Crippen LogP contribution in [0, 0.1) is 4.77 Å². The molecule has 1 aliphatic heterocycles. The minimum Gasteiger partial charge on any atom is -0.349 e. The minimum atomic E-state index is -0.0792. The fourth-order valence-electron chi connectivity index (χ4n) is 3.73. The van der Waals surface area contributed by atoms with Gasteiger partial charge in [0.05, 0.1) is 6.54 Å². The third-order valence-corrected chi connectivity index (χ3v) is 5.72. The molecule has 2 aromatic carbocycles. The Labute approximate surface area is 186 Å². The van der Waals surface area contributed by atoms with Crippen molar-refractivity contribution in [2.75, 3.05) is 25.0 Å². The lowest BCUT2D eigenvalue weighted by Crippen LogP contribution is -2.46. The van der Waals surface area contributed by atoms with Gasteiger partial charge in [0.15, 0.2) is 4.77 Å². The number of nitrogens with one attached hydrogen (secondary N) is 3. The van der Waals surface area contributed by atoms with Gasteiger partial charge in [-0.05, 0) is 61.5 Å². The molecule has 2 amide bonds. The average Bonchev–Trinajstić information content (AvgIpc) is 3.21. The van der Waals surface area contributed by atoms with E-state index in [1.165, 1.54) is 0 Å². The van der Waals surface area contributed by atoms with Crippen LogP contribution >= 0.6 is 12.2 Å². The Hall–Kier alpha value is -3.23. The highest BCUT2D eigenvalue weighted by molar-refractivity contribution is 7.71. The summed E-state index contributed by atoms with van der Waals surface area (Å²) in [6, 6.07) is 16.9. The van der Waals surface area contributed by atoms with Gasteiger partial charge in [0.25, 0.3) is 5.91 Å². The summed E-state index contributed by atoms with van der Waals surface area (Å²) in [4.78, 5) is 29.9. The second-order valence-corrected chi connectivity index (χ2v) is 8.01. The van der Waals surface area contributed by atoms with Gasteiger partial charge >= 0.3 is 0 Å². The summed E-state index contributed by atoms with van der Waals surface area (Å²) in [5.74, 6) is -0.0965. The molecule has 31 heavy (non-hydrogen) atoms. The molecule has 2 heterocycles. The summed E-state index contributed by atoms with van der Waals surface area (Å²) < 4.78 is 2.46. The van der Waals surface area contributed by atoms with Gasteiger partial charge in [-0.1, -0.05) is 18.2 Å². The number of imidazole rings is 1. The standard InChI is InChI=1S/C23H25N5O2S/c29-21(25-18-4-2-1-3-5-18)16-27-13-10-19(11-14-27)26-22(30)17-6-8-20(9-7-17)28-15-12-24-23(28)31/h1-9,12,15,19H,10-11,13-14,16H2,(H,24,31)(H,25,29)(H,26,30). The highest BCUT2D eigenvalue weighted by Gasteiger charge is 2.22. The number of piperidine rings is 1. The van der Waals surface area contributed by atoms with Crippen molar-refractivity contribution in [2.24, 2.45) is 0 Å². The quantitative estimate of drug-likeness (QED) is 0.519. The van der Waals surface area contributed by atoms with E-state index >= 15 is 0 Å². The molecule has 3 aromatic rings. The normalized spacial score (nSPS) is 14.8. The van der Waals surface area contributed by atoms with Crippen LogP contribution in [0.3, 0.4) is 0 Å². The summed E-state index contributed by atoms with van der Waals surface area (Å²) in [5.41, 5.74) is 2.33. The van der Waals surface area contributed by atoms with Gasteiger partial charge in [0, 0.05) is 48.5 Å². The molecular formula is C23H25N5O2S. The van der Waals surface area contributed by atoms with E-state index in [0.717, 1.165) is 37.3 Å². The Balaban J connectivity index is 1.24. The van der Waals surface area contributed by atoms with E-state index in [1.807, 2.05) is 65.4 Å².